The van der Waals surface area contributed by atoms with Gasteiger partial charge in [0.05, 0.1) is 12.7 Å². The highest BCUT2D eigenvalue weighted by atomic mass is 16.5. The van der Waals surface area contributed by atoms with E-state index in [0.717, 1.165) is 18.2 Å². The number of aryl methyl sites for hydroxylation is 2. The van der Waals surface area contributed by atoms with Crippen molar-refractivity contribution in [2.24, 2.45) is 5.92 Å². The van der Waals surface area contributed by atoms with Gasteiger partial charge in [-0.1, -0.05) is 12.1 Å². The molecule has 1 aliphatic carbocycles. The van der Waals surface area contributed by atoms with Crippen LogP contribution in [0.15, 0.2) is 18.2 Å². The molecule has 1 fully saturated rings. The van der Waals surface area contributed by atoms with Gasteiger partial charge in [0.1, 0.15) is 0 Å². The maximum Gasteiger partial charge on any atom is 0.0945 e. The van der Waals surface area contributed by atoms with E-state index in [4.69, 9.17) is 4.74 Å². The molecule has 0 aromatic heterocycles. The normalized spacial score (nSPS) is 16.6. The fourth-order valence-corrected chi connectivity index (χ4v) is 1.87. The minimum atomic E-state index is -0.441. The SMILES string of the molecule is Cc1ccc(C)c(NCC(O)COCC2CC2)c1. The van der Waals surface area contributed by atoms with Crippen molar-refractivity contribution in [1.82, 2.24) is 0 Å². The fourth-order valence-electron chi connectivity index (χ4n) is 1.87. The lowest BCUT2D eigenvalue weighted by Gasteiger charge is -2.15. The van der Waals surface area contributed by atoms with E-state index >= 15 is 0 Å². The smallest absolute Gasteiger partial charge is 0.0945 e. The Morgan fingerprint density at radius 3 is 2.89 bits per heavy atom. The molecule has 100 valence electrons. The minimum absolute atomic E-state index is 0.425. The molecule has 18 heavy (non-hydrogen) atoms. The first-order valence-corrected chi connectivity index (χ1v) is 6.72. The lowest BCUT2D eigenvalue weighted by atomic mass is 10.1. The zero-order chi connectivity index (χ0) is 13.0. The molecule has 0 heterocycles. The van der Waals surface area contributed by atoms with Gasteiger partial charge < -0.3 is 15.2 Å². The molecule has 0 amide bonds. The van der Waals surface area contributed by atoms with Gasteiger partial charge in [-0.3, -0.25) is 0 Å². The summed E-state index contributed by atoms with van der Waals surface area (Å²) >= 11 is 0. The van der Waals surface area contributed by atoms with Crippen LogP contribution in [-0.4, -0.2) is 31.0 Å². The Balaban J connectivity index is 1.70. The van der Waals surface area contributed by atoms with Gasteiger partial charge in [0, 0.05) is 18.8 Å². The summed E-state index contributed by atoms with van der Waals surface area (Å²) < 4.78 is 5.47. The Kier molecular flexibility index (Phi) is 4.61. The van der Waals surface area contributed by atoms with Crippen molar-refractivity contribution in [1.29, 1.82) is 0 Å². The van der Waals surface area contributed by atoms with Crippen LogP contribution in [0.3, 0.4) is 0 Å². The van der Waals surface area contributed by atoms with Gasteiger partial charge in [0.25, 0.3) is 0 Å². The number of ether oxygens (including phenoxy) is 1. The highest BCUT2D eigenvalue weighted by Gasteiger charge is 2.21. The van der Waals surface area contributed by atoms with Crippen molar-refractivity contribution < 1.29 is 9.84 Å². The Morgan fingerprint density at radius 2 is 2.17 bits per heavy atom. The molecular weight excluding hydrogens is 226 g/mol. The Morgan fingerprint density at radius 1 is 1.39 bits per heavy atom. The lowest BCUT2D eigenvalue weighted by molar-refractivity contribution is 0.0386. The van der Waals surface area contributed by atoms with E-state index in [-0.39, 0.29) is 0 Å². The number of hydrogen-bond donors (Lipinski definition) is 2. The second kappa shape index (κ2) is 6.21. The predicted octanol–water partition coefficient (Wildman–Crippen LogP) is 2.50. The van der Waals surface area contributed by atoms with E-state index in [9.17, 15) is 5.11 Å². The molecule has 0 bridgehead atoms. The van der Waals surface area contributed by atoms with Crippen LogP contribution in [0, 0.1) is 19.8 Å². The Hall–Kier alpha value is -1.06. The third-order valence-corrected chi connectivity index (χ3v) is 3.28. The van der Waals surface area contributed by atoms with Gasteiger partial charge in [-0.15, -0.1) is 0 Å². The van der Waals surface area contributed by atoms with Crippen molar-refractivity contribution in [2.75, 3.05) is 25.1 Å². The van der Waals surface area contributed by atoms with Crippen LogP contribution in [0.25, 0.3) is 0 Å². The maximum atomic E-state index is 9.82. The molecule has 2 N–H and O–H groups in total. The number of rotatable bonds is 7. The summed E-state index contributed by atoms with van der Waals surface area (Å²) in [5.74, 6) is 0.754. The van der Waals surface area contributed by atoms with Crippen LogP contribution in [0.5, 0.6) is 0 Å². The van der Waals surface area contributed by atoms with Crippen molar-refractivity contribution in [3.05, 3.63) is 29.3 Å². The predicted molar refractivity (Wildman–Crippen MR) is 74.0 cm³/mol. The average Bonchev–Trinajstić information content (AvgIpc) is 3.14. The third kappa shape index (κ3) is 4.31. The highest BCUT2D eigenvalue weighted by molar-refractivity contribution is 5.52. The van der Waals surface area contributed by atoms with Crippen LogP contribution in [0.2, 0.25) is 0 Å². The topological polar surface area (TPSA) is 41.5 Å². The largest absolute Gasteiger partial charge is 0.389 e. The Bertz CT molecular complexity index is 388. The van der Waals surface area contributed by atoms with Crippen LogP contribution in [0.4, 0.5) is 5.69 Å². The second-order valence-corrected chi connectivity index (χ2v) is 5.33. The molecule has 0 saturated heterocycles. The van der Waals surface area contributed by atoms with Crippen molar-refractivity contribution in [3.63, 3.8) is 0 Å². The number of benzene rings is 1. The number of anilines is 1. The number of aliphatic hydroxyl groups excluding tert-OH is 1. The number of aliphatic hydroxyl groups is 1. The zero-order valence-corrected chi connectivity index (χ0v) is 11.3. The van der Waals surface area contributed by atoms with Gasteiger partial charge in [0.2, 0.25) is 0 Å². The van der Waals surface area contributed by atoms with Gasteiger partial charge >= 0.3 is 0 Å². The monoisotopic (exact) mass is 249 g/mol. The molecule has 1 aromatic rings. The molecule has 0 radical (unpaired) electrons. The molecule has 3 nitrogen and oxygen atoms in total. The molecule has 1 unspecified atom stereocenters. The van der Waals surface area contributed by atoms with Crippen LogP contribution >= 0.6 is 0 Å². The second-order valence-electron chi connectivity index (χ2n) is 5.33. The summed E-state index contributed by atoms with van der Waals surface area (Å²) in [6.07, 6.45) is 2.14. The van der Waals surface area contributed by atoms with Crippen LogP contribution in [-0.2, 0) is 4.74 Å². The molecule has 1 aromatic carbocycles. The zero-order valence-electron chi connectivity index (χ0n) is 11.3. The lowest BCUT2D eigenvalue weighted by Crippen LogP contribution is -2.25. The molecule has 0 spiro atoms. The number of nitrogens with one attached hydrogen (secondary N) is 1. The van der Waals surface area contributed by atoms with E-state index in [1.54, 1.807) is 0 Å². The summed E-state index contributed by atoms with van der Waals surface area (Å²) in [6.45, 7) is 5.90. The minimum Gasteiger partial charge on any atom is -0.389 e. The first kappa shape index (κ1) is 13.4. The summed E-state index contributed by atoms with van der Waals surface area (Å²) in [5.41, 5.74) is 3.52. The summed E-state index contributed by atoms with van der Waals surface area (Å²) in [4.78, 5) is 0. The summed E-state index contributed by atoms with van der Waals surface area (Å²) in [5, 5.41) is 13.1. The summed E-state index contributed by atoms with van der Waals surface area (Å²) in [6, 6.07) is 6.29. The molecule has 3 heteroatoms. The van der Waals surface area contributed by atoms with Crippen LogP contribution < -0.4 is 5.32 Å². The molecular formula is C15H23NO2. The van der Waals surface area contributed by atoms with Gasteiger partial charge in [-0.25, -0.2) is 0 Å². The fraction of sp³-hybridized carbons (Fsp3) is 0.600. The molecule has 0 aliphatic heterocycles. The van der Waals surface area contributed by atoms with Crippen LogP contribution in [0.1, 0.15) is 24.0 Å². The maximum absolute atomic E-state index is 9.82. The van der Waals surface area contributed by atoms with E-state index in [1.165, 1.54) is 24.0 Å². The standard InChI is InChI=1S/C15H23NO2/c1-11-3-4-12(2)15(7-11)16-8-14(17)10-18-9-13-5-6-13/h3-4,7,13-14,16-17H,5-6,8-10H2,1-2H3. The average molecular weight is 249 g/mol. The molecule has 2 rings (SSSR count). The molecule has 1 atom stereocenters. The first-order valence-electron chi connectivity index (χ1n) is 6.72. The van der Waals surface area contributed by atoms with E-state index in [2.05, 4.69) is 37.4 Å². The van der Waals surface area contributed by atoms with Gasteiger partial charge in [-0.2, -0.15) is 0 Å². The quantitative estimate of drug-likeness (QED) is 0.780. The molecule has 1 aliphatic rings. The first-order chi connectivity index (χ1) is 8.65. The number of hydrogen-bond acceptors (Lipinski definition) is 3. The van der Waals surface area contributed by atoms with Gasteiger partial charge in [-0.05, 0) is 49.8 Å². The van der Waals surface area contributed by atoms with Crippen molar-refractivity contribution in [3.8, 4) is 0 Å². The molecule has 1 saturated carbocycles. The van der Waals surface area contributed by atoms with Crippen molar-refractivity contribution in [2.45, 2.75) is 32.8 Å². The third-order valence-electron chi connectivity index (χ3n) is 3.28. The van der Waals surface area contributed by atoms with Gasteiger partial charge in [0.15, 0.2) is 0 Å². The van der Waals surface area contributed by atoms with E-state index in [0.29, 0.717) is 13.2 Å². The summed E-state index contributed by atoms with van der Waals surface area (Å²) in [7, 11) is 0. The van der Waals surface area contributed by atoms with E-state index in [1.807, 2.05) is 0 Å². The Labute approximate surface area is 109 Å². The highest BCUT2D eigenvalue weighted by Crippen LogP contribution is 2.28. The van der Waals surface area contributed by atoms with Crippen molar-refractivity contribution >= 4 is 5.69 Å². The van der Waals surface area contributed by atoms with E-state index < -0.39 is 6.10 Å².